The summed E-state index contributed by atoms with van der Waals surface area (Å²) in [4.78, 5) is 26.1. The van der Waals surface area contributed by atoms with Gasteiger partial charge in [0.15, 0.2) is 0 Å². The molecule has 1 spiro atoms. The molecule has 0 bridgehead atoms. The zero-order chi connectivity index (χ0) is 14.3. The number of Topliss-reactive ketones (excluding diaryl/α,β-unsaturated/α-hetero) is 1. The summed E-state index contributed by atoms with van der Waals surface area (Å²) in [5.74, 6) is 2.49. The summed E-state index contributed by atoms with van der Waals surface area (Å²) in [5, 5.41) is 0. The zero-order valence-electron chi connectivity index (χ0n) is 12.3. The summed E-state index contributed by atoms with van der Waals surface area (Å²) in [7, 11) is 1.46. The molecule has 0 amide bonds. The molecule has 0 aromatic carbocycles. The molecule has 4 rings (SSSR count). The third-order valence-corrected chi connectivity index (χ3v) is 8.05. The maximum absolute atomic E-state index is 11.8. The van der Waals surface area contributed by atoms with Gasteiger partial charge in [-0.15, -0.1) is 11.8 Å². The van der Waals surface area contributed by atoms with Crippen molar-refractivity contribution in [3.05, 3.63) is 0 Å². The van der Waals surface area contributed by atoms with Crippen LogP contribution in [0.15, 0.2) is 0 Å². The van der Waals surface area contributed by atoms with Crippen LogP contribution in [0, 0.1) is 11.8 Å². The highest BCUT2D eigenvalue weighted by molar-refractivity contribution is 8.01. The Morgan fingerprint density at radius 1 is 1.45 bits per heavy atom. The number of carbonyl (C=O) groups excluding carboxylic acids is 2. The number of ether oxygens (including phenoxy) is 1. The SMILES string of the molecule is COC(=O)CC1(C)CC2(C)N1C21SCC2CC(=O)CC21. The highest BCUT2D eigenvalue weighted by atomic mass is 32.2. The van der Waals surface area contributed by atoms with Crippen LogP contribution < -0.4 is 0 Å². The first-order valence-corrected chi connectivity index (χ1v) is 8.39. The van der Waals surface area contributed by atoms with E-state index >= 15 is 0 Å². The van der Waals surface area contributed by atoms with Gasteiger partial charge in [-0.2, -0.15) is 0 Å². The normalized spacial score (nSPS) is 55.4. The second-order valence-corrected chi connectivity index (χ2v) is 8.60. The first-order chi connectivity index (χ1) is 9.37. The lowest BCUT2D eigenvalue weighted by Gasteiger charge is -2.43. The Labute approximate surface area is 123 Å². The molecular formula is C15H21NO3S. The van der Waals surface area contributed by atoms with Gasteiger partial charge < -0.3 is 4.74 Å². The molecule has 3 heterocycles. The van der Waals surface area contributed by atoms with E-state index < -0.39 is 0 Å². The van der Waals surface area contributed by atoms with Crippen molar-refractivity contribution in [2.75, 3.05) is 12.9 Å². The van der Waals surface area contributed by atoms with Gasteiger partial charge in [0.1, 0.15) is 5.78 Å². The van der Waals surface area contributed by atoms with Gasteiger partial charge in [0.25, 0.3) is 0 Å². The quantitative estimate of drug-likeness (QED) is 0.574. The molecular weight excluding hydrogens is 274 g/mol. The minimum absolute atomic E-state index is 0.0740. The number of nitrogens with zero attached hydrogens (tertiary/aromatic N) is 1. The van der Waals surface area contributed by atoms with Crippen molar-refractivity contribution in [2.45, 2.75) is 55.5 Å². The molecule has 1 aliphatic carbocycles. The summed E-state index contributed by atoms with van der Waals surface area (Å²) < 4.78 is 4.85. The maximum atomic E-state index is 11.8. The number of esters is 1. The second-order valence-electron chi connectivity index (χ2n) is 7.36. The van der Waals surface area contributed by atoms with Crippen LogP contribution in [-0.4, -0.2) is 45.5 Å². The molecule has 0 aromatic heterocycles. The van der Waals surface area contributed by atoms with Crippen molar-refractivity contribution in [3.63, 3.8) is 0 Å². The predicted octanol–water partition coefficient (Wildman–Crippen LogP) is 1.82. The highest BCUT2D eigenvalue weighted by Crippen LogP contribution is 2.80. The number of methoxy groups -OCH3 is 1. The van der Waals surface area contributed by atoms with Crippen LogP contribution >= 0.6 is 11.8 Å². The van der Waals surface area contributed by atoms with Crippen molar-refractivity contribution in [1.29, 1.82) is 0 Å². The Morgan fingerprint density at radius 3 is 2.90 bits per heavy atom. The fraction of sp³-hybridized carbons (Fsp3) is 0.867. The van der Waals surface area contributed by atoms with E-state index in [9.17, 15) is 9.59 Å². The smallest absolute Gasteiger partial charge is 0.307 e. The Hall–Kier alpha value is -0.550. The van der Waals surface area contributed by atoms with Gasteiger partial charge in [-0.1, -0.05) is 0 Å². The van der Waals surface area contributed by atoms with Gasteiger partial charge in [-0.3, -0.25) is 14.5 Å². The molecule has 4 aliphatic rings. The molecule has 0 aromatic rings. The number of ketones is 1. The van der Waals surface area contributed by atoms with E-state index in [0.29, 0.717) is 24.0 Å². The Balaban J connectivity index is 1.61. The number of thioether (sulfide) groups is 1. The van der Waals surface area contributed by atoms with Crippen LogP contribution in [0.5, 0.6) is 0 Å². The van der Waals surface area contributed by atoms with Gasteiger partial charge in [0, 0.05) is 23.9 Å². The monoisotopic (exact) mass is 295 g/mol. The van der Waals surface area contributed by atoms with E-state index in [0.717, 1.165) is 25.0 Å². The van der Waals surface area contributed by atoms with Crippen LogP contribution in [0.3, 0.4) is 0 Å². The van der Waals surface area contributed by atoms with Gasteiger partial charge >= 0.3 is 5.97 Å². The van der Waals surface area contributed by atoms with Gasteiger partial charge in [-0.25, -0.2) is 0 Å². The van der Waals surface area contributed by atoms with Crippen molar-refractivity contribution in [3.8, 4) is 0 Å². The lowest BCUT2D eigenvalue weighted by Crippen LogP contribution is -2.52. The molecule has 6 unspecified atom stereocenters. The summed E-state index contributed by atoms with van der Waals surface area (Å²) in [6.45, 7) is 4.48. The van der Waals surface area contributed by atoms with Crippen LogP contribution in [0.4, 0.5) is 0 Å². The molecule has 20 heavy (non-hydrogen) atoms. The van der Waals surface area contributed by atoms with E-state index in [-0.39, 0.29) is 21.9 Å². The van der Waals surface area contributed by atoms with Crippen molar-refractivity contribution >= 4 is 23.5 Å². The van der Waals surface area contributed by atoms with Gasteiger partial charge in [0.05, 0.1) is 18.4 Å². The summed E-state index contributed by atoms with van der Waals surface area (Å²) in [5.41, 5.74) is 0.125. The Kier molecular flexibility index (Phi) is 2.37. The molecule has 0 N–H and O–H groups in total. The lowest BCUT2D eigenvalue weighted by atomic mass is 9.77. The van der Waals surface area contributed by atoms with E-state index in [4.69, 9.17) is 4.74 Å². The minimum Gasteiger partial charge on any atom is -0.469 e. The third kappa shape index (κ3) is 1.25. The van der Waals surface area contributed by atoms with Crippen LogP contribution in [0.1, 0.15) is 39.5 Å². The fourth-order valence-electron chi connectivity index (χ4n) is 5.66. The molecule has 0 radical (unpaired) electrons. The number of carbonyl (C=O) groups is 2. The second kappa shape index (κ2) is 3.61. The zero-order valence-corrected chi connectivity index (χ0v) is 13.1. The number of hydrogen-bond donors (Lipinski definition) is 0. The Morgan fingerprint density at radius 2 is 2.20 bits per heavy atom. The lowest BCUT2D eigenvalue weighted by molar-refractivity contribution is -0.144. The molecule has 3 aliphatic heterocycles. The first-order valence-electron chi connectivity index (χ1n) is 7.40. The molecule has 110 valence electrons. The van der Waals surface area contributed by atoms with E-state index in [1.807, 2.05) is 11.8 Å². The van der Waals surface area contributed by atoms with E-state index in [1.54, 1.807) is 0 Å². The molecule has 5 heteroatoms. The Bertz CT molecular complexity index is 523. The van der Waals surface area contributed by atoms with Crippen molar-refractivity contribution in [1.82, 2.24) is 4.90 Å². The average molecular weight is 295 g/mol. The van der Waals surface area contributed by atoms with Crippen molar-refractivity contribution < 1.29 is 14.3 Å². The average Bonchev–Trinajstić information content (AvgIpc) is 2.68. The number of rotatable bonds is 2. The predicted molar refractivity (Wildman–Crippen MR) is 76.3 cm³/mol. The molecule has 4 fully saturated rings. The largest absolute Gasteiger partial charge is 0.469 e. The first kappa shape index (κ1) is 13.1. The van der Waals surface area contributed by atoms with Gasteiger partial charge in [0.2, 0.25) is 0 Å². The molecule has 6 atom stereocenters. The van der Waals surface area contributed by atoms with E-state index in [2.05, 4.69) is 18.7 Å². The van der Waals surface area contributed by atoms with Crippen LogP contribution in [0.25, 0.3) is 0 Å². The van der Waals surface area contributed by atoms with Crippen LogP contribution in [-0.2, 0) is 14.3 Å². The number of hydrogen-bond acceptors (Lipinski definition) is 5. The number of fused-ring (bicyclic) bond motifs is 5. The summed E-state index contributed by atoms with van der Waals surface area (Å²) in [6.07, 6.45) is 3.03. The van der Waals surface area contributed by atoms with Crippen LogP contribution in [0.2, 0.25) is 0 Å². The standard InChI is InChI=1S/C15H21NO3S/c1-13(6-12(18)19-3)8-14(2)15(16(13)14)11-5-10(17)4-9(11)7-20-15/h9,11H,4-8H2,1-3H3. The summed E-state index contributed by atoms with van der Waals surface area (Å²) in [6, 6.07) is 0. The highest BCUT2D eigenvalue weighted by Gasteiger charge is 2.89. The molecule has 1 saturated carbocycles. The maximum Gasteiger partial charge on any atom is 0.307 e. The molecule has 3 saturated heterocycles. The van der Waals surface area contributed by atoms with Crippen molar-refractivity contribution in [2.24, 2.45) is 11.8 Å². The van der Waals surface area contributed by atoms with Gasteiger partial charge in [-0.05, 0) is 37.9 Å². The van der Waals surface area contributed by atoms with E-state index in [1.165, 1.54) is 7.11 Å². The fourth-order valence-corrected chi connectivity index (χ4v) is 7.95. The topological polar surface area (TPSA) is 46.4 Å². The minimum atomic E-state index is -0.126. The third-order valence-electron chi connectivity index (χ3n) is 6.09. The summed E-state index contributed by atoms with van der Waals surface area (Å²) >= 11 is 2.04. The molecule has 4 nitrogen and oxygen atoms in total.